The molecule has 0 aliphatic rings. The summed E-state index contributed by atoms with van der Waals surface area (Å²) in [7, 11) is 1.30. The molecule has 0 radical (unpaired) electrons. The first-order valence-electron chi connectivity index (χ1n) is 5.09. The van der Waals surface area contributed by atoms with E-state index in [0.29, 0.717) is 0 Å². The number of hydrogen-bond acceptors (Lipinski definition) is 4. The summed E-state index contributed by atoms with van der Waals surface area (Å²) in [4.78, 5) is 21.8. The molecule has 0 aromatic heterocycles. The highest BCUT2D eigenvalue weighted by Gasteiger charge is 2.19. The molecule has 1 unspecified atom stereocenters. The molecule has 7 nitrogen and oxygen atoms in total. The van der Waals surface area contributed by atoms with Gasteiger partial charge in [-0.3, -0.25) is 0 Å². The topological polar surface area (TPSA) is 96.9 Å². The average Bonchev–Trinajstić information content (AvgIpc) is 2.27. The van der Waals surface area contributed by atoms with E-state index in [1.54, 1.807) is 0 Å². The number of carboxylic acids is 1. The fourth-order valence-electron chi connectivity index (χ4n) is 0.960. The zero-order chi connectivity index (χ0) is 14.0. The highest BCUT2D eigenvalue weighted by Crippen LogP contribution is 1.91. The van der Waals surface area contributed by atoms with E-state index >= 15 is 0 Å². The molecule has 3 N–H and O–H groups in total. The summed E-state index contributed by atoms with van der Waals surface area (Å²) in [5, 5.41) is 13.1. The number of carbonyl (C=O) groups is 2. The van der Waals surface area contributed by atoms with Crippen molar-refractivity contribution in [3.8, 4) is 0 Å². The Bertz CT molecular complexity index is 265. The maximum Gasteiger partial charge on any atom is 0.328 e. The molecule has 0 aromatic rings. The highest BCUT2D eigenvalue weighted by atomic mass is 19.3. The minimum absolute atomic E-state index is 0.00211. The summed E-state index contributed by atoms with van der Waals surface area (Å²) in [6.07, 6.45) is -2.56. The molecule has 0 heterocycles. The van der Waals surface area contributed by atoms with Gasteiger partial charge in [0.05, 0.1) is 13.2 Å². The van der Waals surface area contributed by atoms with Gasteiger partial charge in [-0.05, 0) is 0 Å². The number of alkyl halides is 2. The van der Waals surface area contributed by atoms with Gasteiger partial charge in [0.15, 0.2) is 6.04 Å². The number of aliphatic carboxylic acids is 1. The Kier molecular flexibility index (Phi) is 8.76. The van der Waals surface area contributed by atoms with Gasteiger partial charge in [0.1, 0.15) is 6.61 Å². The van der Waals surface area contributed by atoms with Gasteiger partial charge in [-0.1, -0.05) is 0 Å². The van der Waals surface area contributed by atoms with Gasteiger partial charge >= 0.3 is 12.0 Å². The lowest BCUT2D eigenvalue weighted by Crippen LogP contribution is -2.48. The highest BCUT2D eigenvalue weighted by molar-refractivity contribution is 5.82. The average molecular weight is 270 g/mol. The standard InChI is InChI=1S/C9H16F2N2O5/c1-17-4-6(8(14)15)13-9(16)12-2-3-18-5-7(10)11/h6-7H,2-5H2,1H3,(H,14,15)(H2,12,13,16). The second-order valence-electron chi connectivity index (χ2n) is 3.21. The molecular formula is C9H16F2N2O5. The number of carbonyl (C=O) groups excluding carboxylic acids is 1. The molecule has 0 saturated carbocycles. The second kappa shape index (κ2) is 9.54. The second-order valence-corrected chi connectivity index (χ2v) is 3.21. The van der Waals surface area contributed by atoms with Crippen LogP contribution < -0.4 is 10.6 Å². The molecule has 106 valence electrons. The zero-order valence-electron chi connectivity index (χ0n) is 9.82. The number of halogens is 2. The molecule has 0 fully saturated rings. The van der Waals surface area contributed by atoms with Crippen LogP contribution in [0.2, 0.25) is 0 Å². The third-order valence-electron chi connectivity index (χ3n) is 1.71. The van der Waals surface area contributed by atoms with E-state index in [0.717, 1.165) is 0 Å². The van der Waals surface area contributed by atoms with Crippen LogP contribution in [0, 0.1) is 0 Å². The van der Waals surface area contributed by atoms with Gasteiger partial charge in [-0.15, -0.1) is 0 Å². The van der Waals surface area contributed by atoms with Crippen molar-refractivity contribution in [3.05, 3.63) is 0 Å². The van der Waals surface area contributed by atoms with Crippen LogP contribution in [-0.4, -0.2) is 63.0 Å². The number of carboxylic acid groups (broad SMARTS) is 1. The van der Waals surface area contributed by atoms with Crippen molar-refractivity contribution in [2.45, 2.75) is 12.5 Å². The van der Waals surface area contributed by atoms with Crippen LogP contribution in [0.1, 0.15) is 0 Å². The van der Waals surface area contributed by atoms with Crippen LogP contribution in [0.15, 0.2) is 0 Å². The van der Waals surface area contributed by atoms with Gasteiger partial charge in [0.2, 0.25) is 0 Å². The fraction of sp³-hybridized carbons (Fsp3) is 0.778. The first kappa shape index (κ1) is 16.5. The number of amides is 2. The van der Waals surface area contributed by atoms with Crippen LogP contribution >= 0.6 is 0 Å². The lowest BCUT2D eigenvalue weighted by Gasteiger charge is -2.14. The van der Waals surface area contributed by atoms with Crippen molar-refractivity contribution in [2.75, 3.05) is 33.5 Å². The monoisotopic (exact) mass is 270 g/mol. The number of ether oxygens (including phenoxy) is 2. The number of methoxy groups -OCH3 is 1. The fourth-order valence-corrected chi connectivity index (χ4v) is 0.960. The van der Waals surface area contributed by atoms with E-state index < -0.39 is 31.1 Å². The predicted octanol–water partition coefficient (Wildman–Crippen LogP) is -0.333. The van der Waals surface area contributed by atoms with E-state index in [4.69, 9.17) is 5.11 Å². The SMILES string of the molecule is COCC(NC(=O)NCCOCC(F)F)C(=O)O. The molecule has 0 aliphatic carbocycles. The molecule has 2 amide bonds. The Morgan fingerprint density at radius 2 is 2.00 bits per heavy atom. The third kappa shape index (κ3) is 8.65. The quantitative estimate of drug-likeness (QED) is 0.498. The summed E-state index contributed by atoms with van der Waals surface area (Å²) >= 11 is 0. The van der Waals surface area contributed by atoms with Gasteiger partial charge in [0, 0.05) is 13.7 Å². The van der Waals surface area contributed by atoms with Gasteiger partial charge < -0.3 is 25.2 Å². The third-order valence-corrected chi connectivity index (χ3v) is 1.71. The zero-order valence-corrected chi connectivity index (χ0v) is 9.82. The predicted molar refractivity (Wildman–Crippen MR) is 56.7 cm³/mol. The summed E-state index contributed by atoms with van der Waals surface area (Å²) in [5.41, 5.74) is 0. The molecule has 0 saturated heterocycles. The molecule has 0 aromatic carbocycles. The van der Waals surface area contributed by atoms with E-state index in [1.165, 1.54) is 7.11 Å². The largest absolute Gasteiger partial charge is 0.480 e. The summed E-state index contributed by atoms with van der Waals surface area (Å²) in [6.45, 7) is -0.965. The van der Waals surface area contributed by atoms with Crippen molar-refractivity contribution in [3.63, 3.8) is 0 Å². The lowest BCUT2D eigenvalue weighted by molar-refractivity contribution is -0.140. The van der Waals surface area contributed by atoms with Crippen LogP contribution in [0.4, 0.5) is 13.6 Å². The van der Waals surface area contributed by atoms with Gasteiger partial charge in [-0.2, -0.15) is 0 Å². The summed E-state index contributed by atoms with van der Waals surface area (Å²) in [6, 6.07) is -1.91. The Morgan fingerprint density at radius 1 is 1.33 bits per heavy atom. The summed E-state index contributed by atoms with van der Waals surface area (Å²) in [5.74, 6) is -1.24. The molecule has 0 bridgehead atoms. The van der Waals surface area contributed by atoms with E-state index in [9.17, 15) is 18.4 Å². The molecule has 1 atom stereocenters. The molecule has 0 aliphatic heterocycles. The van der Waals surface area contributed by atoms with Crippen molar-refractivity contribution >= 4 is 12.0 Å². The normalized spacial score (nSPS) is 12.2. The summed E-state index contributed by atoms with van der Waals surface area (Å²) < 4.78 is 32.4. The van der Waals surface area contributed by atoms with Crippen LogP contribution in [0.3, 0.4) is 0 Å². The molecule has 0 spiro atoms. The van der Waals surface area contributed by atoms with Gasteiger partial charge in [0.25, 0.3) is 6.43 Å². The van der Waals surface area contributed by atoms with E-state index in [1.807, 2.05) is 0 Å². The van der Waals surface area contributed by atoms with Crippen LogP contribution in [-0.2, 0) is 14.3 Å². The lowest BCUT2D eigenvalue weighted by atomic mass is 10.3. The van der Waals surface area contributed by atoms with Crippen molar-refractivity contribution in [1.82, 2.24) is 10.6 Å². The minimum atomic E-state index is -2.56. The maximum atomic E-state index is 11.7. The first-order valence-corrected chi connectivity index (χ1v) is 5.09. The Morgan fingerprint density at radius 3 is 2.50 bits per heavy atom. The van der Waals surface area contributed by atoms with Crippen LogP contribution in [0.5, 0.6) is 0 Å². The molecule has 9 heteroatoms. The van der Waals surface area contributed by atoms with Crippen molar-refractivity contribution in [2.24, 2.45) is 0 Å². The van der Waals surface area contributed by atoms with Crippen molar-refractivity contribution in [1.29, 1.82) is 0 Å². The first-order chi connectivity index (χ1) is 8.47. The van der Waals surface area contributed by atoms with Crippen LogP contribution in [0.25, 0.3) is 0 Å². The number of hydrogen-bond donors (Lipinski definition) is 3. The molecule has 18 heavy (non-hydrogen) atoms. The van der Waals surface area contributed by atoms with Crippen molar-refractivity contribution < 1.29 is 33.0 Å². The molecule has 0 rings (SSSR count). The smallest absolute Gasteiger partial charge is 0.328 e. The Labute approximate surface area is 102 Å². The Balaban J connectivity index is 3.71. The number of nitrogens with one attached hydrogen (secondary N) is 2. The van der Waals surface area contributed by atoms with E-state index in [2.05, 4.69) is 20.1 Å². The molecular weight excluding hydrogens is 254 g/mol. The van der Waals surface area contributed by atoms with Gasteiger partial charge in [-0.25, -0.2) is 18.4 Å². The maximum absolute atomic E-state index is 11.7. The minimum Gasteiger partial charge on any atom is -0.480 e. The Hall–Kier alpha value is -1.48. The van der Waals surface area contributed by atoms with E-state index in [-0.39, 0.29) is 19.8 Å². The number of rotatable bonds is 9. The number of urea groups is 1.